The molecule has 1 aliphatic rings. The second kappa shape index (κ2) is 8.29. The van der Waals surface area contributed by atoms with Gasteiger partial charge in [-0.15, -0.1) is 0 Å². The average Bonchev–Trinajstić information content (AvgIpc) is 2.54. The number of aliphatic imine (C=N–C) groups is 1. The van der Waals surface area contributed by atoms with E-state index in [1.165, 1.54) is 0 Å². The summed E-state index contributed by atoms with van der Waals surface area (Å²) in [4.78, 5) is 6.71. The molecule has 1 aromatic rings. The van der Waals surface area contributed by atoms with Crippen LogP contribution in [-0.2, 0) is 9.84 Å². The lowest BCUT2D eigenvalue weighted by atomic mass is 10.2. The lowest BCUT2D eigenvalue weighted by Gasteiger charge is -2.39. The van der Waals surface area contributed by atoms with E-state index in [0.717, 1.165) is 23.8 Å². The van der Waals surface area contributed by atoms with Crippen LogP contribution in [-0.4, -0.2) is 62.1 Å². The van der Waals surface area contributed by atoms with Crippen molar-refractivity contribution in [2.45, 2.75) is 45.5 Å². The number of nitrogens with zero attached hydrogens (tertiary/aromatic N) is 2. The van der Waals surface area contributed by atoms with Gasteiger partial charge in [0, 0.05) is 19.6 Å². The second-order valence-corrected chi connectivity index (χ2v) is 10.2. The number of rotatable bonds is 5. The molecule has 1 N–H and O–H groups in total. The summed E-state index contributed by atoms with van der Waals surface area (Å²) in [5, 5.41) is 3.27. The third-order valence-electron chi connectivity index (χ3n) is 4.50. The summed E-state index contributed by atoms with van der Waals surface area (Å²) < 4.78 is 29.6. The summed E-state index contributed by atoms with van der Waals surface area (Å²) in [5.41, 5.74) is 1.16. The molecule has 0 aliphatic carbocycles. The Morgan fingerprint density at radius 1 is 1.42 bits per heavy atom. The van der Waals surface area contributed by atoms with Gasteiger partial charge in [-0.05, 0) is 52.3 Å². The Hall–Kier alpha value is -1.76. The Labute approximate surface area is 157 Å². The molecule has 1 saturated heterocycles. The standard InChI is InChI=1S/C19H31N3O3S/c1-6-20-18(22-10-11-26(23,24)19(4,5)14-22)21-13-16(3)25-17-9-7-8-15(2)12-17/h7-9,12,16H,6,10-11,13-14H2,1-5H3,(H,20,21). The summed E-state index contributed by atoms with van der Waals surface area (Å²) in [6.45, 7) is 11.7. The average molecular weight is 382 g/mol. The zero-order chi connectivity index (χ0) is 19.4. The molecule has 1 fully saturated rings. The van der Waals surface area contributed by atoms with Crippen LogP contribution >= 0.6 is 0 Å². The van der Waals surface area contributed by atoms with Crippen molar-refractivity contribution >= 4 is 15.8 Å². The lowest BCUT2D eigenvalue weighted by Crippen LogP contribution is -2.57. The monoisotopic (exact) mass is 381 g/mol. The highest BCUT2D eigenvalue weighted by Crippen LogP contribution is 2.23. The molecular formula is C19H31N3O3S. The van der Waals surface area contributed by atoms with Crippen molar-refractivity contribution in [3.63, 3.8) is 0 Å². The number of guanidine groups is 1. The van der Waals surface area contributed by atoms with Gasteiger partial charge in [0.2, 0.25) is 0 Å². The molecule has 26 heavy (non-hydrogen) atoms. The molecule has 2 rings (SSSR count). The molecule has 0 bridgehead atoms. The van der Waals surface area contributed by atoms with Crippen LogP contribution in [0.1, 0.15) is 33.3 Å². The molecule has 1 aromatic carbocycles. The quantitative estimate of drug-likeness (QED) is 0.626. The summed E-state index contributed by atoms with van der Waals surface area (Å²) in [5.74, 6) is 1.73. The van der Waals surface area contributed by atoms with Crippen molar-refractivity contribution in [3.8, 4) is 5.75 Å². The largest absolute Gasteiger partial charge is 0.489 e. The van der Waals surface area contributed by atoms with Gasteiger partial charge in [0.1, 0.15) is 11.9 Å². The van der Waals surface area contributed by atoms with Crippen molar-refractivity contribution in [2.75, 3.05) is 31.9 Å². The maximum absolute atomic E-state index is 12.2. The van der Waals surface area contributed by atoms with Gasteiger partial charge in [0.25, 0.3) is 0 Å². The number of aryl methyl sites for hydroxylation is 1. The van der Waals surface area contributed by atoms with E-state index in [0.29, 0.717) is 19.6 Å². The Morgan fingerprint density at radius 2 is 2.15 bits per heavy atom. The Kier molecular flexibility index (Phi) is 6.55. The number of ether oxygens (including phenoxy) is 1. The first-order valence-electron chi connectivity index (χ1n) is 9.13. The van der Waals surface area contributed by atoms with E-state index in [9.17, 15) is 8.42 Å². The van der Waals surface area contributed by atoms with Crippen LogP contribution in [0.5, 0.6) is 5.75 Å². The minimum absolute atomic E-state index is 0.0769. The molecule has 0 saturated carbocycles. The second-order valence-electron chi connectivity index (χ2n) is 7.44. The van der Waals surface area contributed by atoms with Gasteiger partial charge < -0.3 is 15.0 Å². The van der Waals surface area contributed by atoms with Crippen LogP contribution < -0.4 is 10.1 Å². The van der Waals surface area contributed by atoms with E-state index in [1.54, 1.807) is 13.8 Å². The van der Waals surface area contributed by atoms with E-state index in [1.807, 2.05) is 49.9 Å². The van der Waals surface area contributed by atoms with E-state index >= 15 is 0 Å². The number of nitrogens with one attached hydrogen (secondary N) is 1. The SMILES string of the molecule is CCNC(=NCC(C)Oc1cccc(C)c1)N1CCS(=O)(=O)C(C)(C)C1. The summed E-state index contributed by atoms with van der Waals surface area (Å²) >= 11 is 0. The molecule has 0 radical (unpaired) electrons. The normalized spacial score (nSPS) is 20.5. The molecule has 7 heteroatoms. The molecule has 1 aliphatic heterocycles. The fourth-order valence-corrected chi connectivity index (χ4v) is 4.29. The predicted octanol–water partition coefficient (Wildman–Crippen LogP) is 2.24. The minimum atomic E-state index is -3.07. The highest BCUT2D eigenvalue weighted by atomic mass is 32.2. The van der Waals surface area contributed by atoms with Crippen LogP contribution in [0.15, 0.2) is 29.3 Å². The first kappa shape index (κ1) is 20.6. The first-order valence-corrected chi connectivity index (χ1v) is 10.8. The molecular weight excluding hydrogens is 350 g/mol. The third-order valence-corrected chi connectivity index (χ3v) is 7.04. The molecule has 0 amide bonds. The van der Waals surface area contributed by atoms with Gasteiger partial charge in [0.15, 0.2) is 15.8 Å². The van der Waals surface area contributed by atoms with Gasteiger partial charge in [-0.25, -0.2) is 13.4 Å². The zero-order valence-corrected chi connectivity index (χ0v) is 17.3. The highest BCUT2D eigenvalue weighted by Gasteiger charge is 2.40. The van der Waals surface area contributed by atoms with Crippen molar-refractivity contribution in [3.05, 3.63) is 29.8 Å². The Morgan fingerprint density at radius 3 is 2.77 bits per heavy atom. The van der Waals surface area contributed by atoms with Crippen molar-refractivity contribution in [1.29, 1.82) is 0 Å². The van der Waals surface area contributed by atoms with Crippen LogP contribution in [0.2, 0.25) is 0 Å². The number of hydrogen-bond acceptors (Lipinski definition) is 4. The number of hydrogen-bond donors (Lipinski definition) is 1. The molecule has 1 atom stereocenters. The van der Waals surface area contributed by atoms with E-state index in [4.69, 9.17) is 4.74 Å². The zero-order valence-electron chi connectivity index (χ0n) is 16.4. The van der Waals surface area contributed by atoms with Crippen molar-refractivity contribution < 1.29 is 13.2 Å². The maximum atomic E-state index is 12.2. The van der Waals surface area contributed by atoms with Gasteiger partial charge >= 0.3 is 0 Å². The summed E-state index contributed by atoms with van der Waals surface area (Å²) in [7, 11) is -3.07. The van der Waals surface area contributed by atoms with Crippen LogP contribution in [0, 0.1) is 6.92 Å². The Balaban J connectivity index is 2.04. The van der Waals surface area contributed by atoms with Crippen LogP contribution in [0.25, 0.3) is 0 Å². The first-order chi connectivity index (χ1) is 12.1. The van der Waals surface area contributed by atoms with Crippen LogP contribution in [0.4, 0.5) is 0 Å². The fourth-order valence-electron chi connectivity index (χ4n) is 2.92. The topological polar surface area (TPSA) is 71.0 Å². The van der Waals surface area contributed by atoms with Crippen molar-refractivity contribution in [2.24, 2.45) is 4.99 Å². The van der Waals surface area contributed by atoms with Gasteiger partial charge in [-0.1, -0.05) is 12.1 Å². The minimum Gasteiger partial charge on any atom is -0.489 e. The van der Waals surface area contributed by atoms with Gasteiger partial charge in [-0.3, -0.25) is 0 Å². The maximum Gasteiger partial charge on any atom is 0.194 e. The highest BCUT2D eigenvalue weighted by molar-refractivity contribution is 7.92. The van der Waals surface area contributed by atoms with Crippen molar-refractivity contribution in [1.82, 2.24) is 10.2 Å². The Bertz CT molecular complexity index is 744. The summed E-state index contributed by atoms with van der Waals surface area (Å²) in [6, 6.07) is 7.95. The number of sulfone groups is 1. The lowest BCUT2D eigenvalue weighted by molar-refractivity contribution is 0.229. The van der Waals surface area contributed by atoms with Gasteiger partial charge in [-0.2, -0.15) is 0 Å². The van der Waals surface area contributed by atoms with E-state index in [-0.39, 0.29) is 11.9 Å². The molecule has 0 aromatic heterocycles. The van der Waals surface area contributed by atoms with E-state index in [2.05, 4.69) is 10.3 Å². The molecule has 1 unspecified atom stereocenters. The third kappa shape index (κ3) is 5.13. The number of benzene rings is 1. The summed E-state index contributed by atoms with van der Waals surface area (Å²) in [6.07, 6.45) is -0.0769. The van der Waals surface area contributed by atoms with Crippen LogP contribution in [0.3, 0.4) is 0 Å². The van der Waals surface area contributed by atoms with Gasteiger partial charge in [0.05, 0.1) is 17.0 Å². The predicted molar refractivity (Wildman–Crippen MR) is 107 cm³/mol. The smallest absolute Gasteiger partial charge is 0.194 e. The molecule has 6 nitrogen and oxygen atoms in total. The molecule has 0 spiro atoms. The van der Waals surface area contributed by atoms with E-state index < -0.39 is 14.6 Å². The fraction of sp³-hybridized carbons (Fsp3) is 0.632. The molecule has 1 heterocycles. The molecule has 146 valence electrons.